The average molecular weight is 388 g/mol. The standard InChI is InChI=1S/C20H19F3N4O/c21-20(22,23)13-27-8-6-17(7-9-27)26-19(28)16-4-5-18(25-12-16)15-3-1-2-14(10-15)11-24/h1-5,10,12,17H,6-9,13H2,(H,26,28). The zero-order valence-electron chi connectivity index (χ0n) is 15.0. The van der Waals surface area contributed by atoms with Crippen molar-refractivity contribution in [2.75, 3.05) is 19.6 Å². The highest BCUT2D eigenvalue weighted by Gasteiger charge is 2.32. The predicted molar refractivity (Wildman–Crippen MR) is 97.4 cm³/mol. The van der Waals surface area contributed by atoms with Crippen LogP contribution in [-0.4, -0.2) is 47.6 Å². The Hall–Kier alpha value is -2.92. The van der Waals surface area contributed by atoms with E-state index < -0.39 is 12.7 Å². The maximum absolute atomic E-state index is 12.4. The second-order valence-corrected chi connectivity index (χ2v) is 6.76. The monoisotopic (exact) mass is 388 g/mol. The first-order chi connectivity index (χ1) is 13.3. The van der Waals surface area contributed by atoms with Gasteiger partial charge in [0, 0.05) is 30.9 Å². The molecular weight excluding hydrogens is 369 g/mol. The van der Waals surface area contributed by atoms with Gasteiger partial charge in [0.2, 0.25) is 0 Å². The smallest absolute Gasteiger partial charge is 0.349 e. The van der Waals surface area contributed by atoms with E-state index in [9.17, 15) is 18.0 Å². The van der Waals surface area contributed by atoms with Crippen molar-refractivity contribution in [2.24, 2.45) is 0 Å². The molecule has 0 atom stereocenters. The molecule has 0 aliphatic carbocycles. The Bertz CT molecular complexity index is 866. The van der Waals surface area contributed by atoms with E-state index >= 15 is 0 Å². The third kappa shape index (κ3) is 5.30. The fourth-order valence-corrected chi connectivity index (χ4v) is 3.20. The van der Waals surface area contributed by atoms with Gasteiger partial charge in [0.25, 0.3) is 5.91 Å². The zero-order chi connectivity index (χ0) is 20.1. The quantitative estimate of drug-likeness (QED) is 0.872. The summed E-state index contributed by atoms with van der Waals surface area (Å²) in [7, 11) is 0. The molecule has 3 rings (SSSR count). The van der Waals surface area contributed by atoms with Crippen molar-refractivity contribution in [3.63, 3.8) is 0 Å². The van der Waals surface area contributed by atoms with Crippen molar-refractivity contribution in [3.8, 4) is 17.3 Å². The van der Waals surface area contributed by atoms with Gasteiger partial charge in [0.1, 0.15) is 0 Å². The maximum atomic E-state index is 12.4. The van der Waals surface area contributed by atoms with Crippen molar-refractivity contribution in [2.45, 2.75) is 25.1 Å². The second-order valence-electron chi connectivity index (χ2n) is 6.76. The van der Waals surface area contributed by atoms with E-state index in [1.54, 1.807) is 30.3 Å². The number of likely N-dealkylation sites (tertiary alicyclic amines) is 1. The number of halogens is 3. The summed E-state index contributed by atoms with van der Waals surface area (Å²) in [5.41, 5.74) is 2.34. The maximum Gasteiger partial charge on any atom is 0.401 e. The number of carbonyl (C=O) groups excluding carboxylic acids is 1. The third-order valence-corrected chi connectivity index (χ3v) is 4.64. The average Bonchev–Trinajstić information content (AvgIpc) is 2.68. The van der Waals surface area contributed by atoms with E-state index in [1.807, 2.05) is 6.07 Å². The third-order valence-electron chi connectivity index (χ3n) is 4.64. The Morgan fingerprint density at radius 3 is 2.61 bits per heavy atom. The molecule has 0 spiro atoms. The van der Waals surface area contributed by atoms with Gasteiger partial charge in [-0.15, -0.1) is 0 Å². The number of amides is 1. The Kier molecular flexibility index (Phi) is 5.95. The van der Waals surface area contributed by atoms with E-state index in [4.69, 9.17) is 5.26 Å². The largest absolute Gasteiger partial charge is 0.401 e. The van der Waals surface area contributed by atoms with E-state index in [-0.39, 0.29) is 11.9 Å². The molecule has 1 fully saturated rings. The second kappa shape index (κ2) is 8.40. The van der Waals surface area contributed by atoms with Crippen LogP contribution in [0, 0.1) is 11.3 Å². The molecule has 1 N–H and O–H groups in total. The number of pyridine rings is 1. The van der Waals surface area contributed by atoms with Crippen LogP contribution < -0.4 is 5.32 Å². The molecule has 1 saturated heterocycles. The highest BCUT2D eigenvalue weighted by Crippen LogP contribution is 2.21. The number of nitrogens with one attached hydrogen (secondary N) is 1. The molecule has 2 aromatic rings. The van der Waals surface area contributed by atoms with E-state index in [2.05, 4.69) is 16.4 Å². The van der Waals surface area contributed by atoms with Crippen LogP contribution in [-0.2, 0) is 0 Å². The normalized spacial score (nSPS) is 15.8. The van der Waals surface area contributed by atoms with Crippen LogP contribution in [0.1, 0.15) is 28.8 Å². The summed E-state index contributed by atoms with van der Waals surface area (Å²) in [5.74, 6) is -0.293. The number of piperidine rings is 1. The molecule has 0 unspecified atom stereocenters. The van der Waals surface area contributed by atoms with Crippen molar-refractivity contribution >= 4 is 5.91 Å². The molecule has 146 valence electrons. The molecule has 5 nitrogen and oxygen atoms in total. The van der Waals surface area contributed by atoms with Gasteiger partial charge in [-0.1, -0.05) is 12.1 Å². The van der Waals surface area contributed by atoms with E-state index in [0.29, 0.717) is 42.8 Å². The summed E-state index contributed by atoms with van der Waals surface area (Å²) < 4.78 is 37.3. The lowest BCUT2D eigenvalue weighted by Crippen LogP contribution is -2.47. The lowest BCUT2D eigenvalue weighted by Gasteiger charge is -2.32. The number of carbonyl (C=O) groups is 1. The number of benzene rings is 1. The summed E-state index contributed by atoms with van der Waals surface area (Å²) >= 11 is 0. The molecule has 1 aromatic carbocycles. The van der Waals surface area contributed by atoms with Gasteiger partial charge in [-0.25, -0.2) is 0 Å². The van der Waals surface area contributed by atoms with Gasteiger partial charge in [0.05, 0.1) is 29.4 Å². The fraction of sp³-hybridized carbons (Fsp3) is 0.350. The van der Waals surface area contributed by atoms with Gasteiger partial charge in [0.15, 0.2) is 0 Å². The number of aromatic nitrogens is 1. The van der Waals surface area contributed by atoms with E-state index in [0.717, 1.165) is 5.56 Å². The van der Waals surface area contributed by atoms with Gasteiger partial charge < -0.3 is 5.32 Å². The number of nitrogens with zero attached hydrogens (tertiary/aromatic N) is 3. The number of alkyl halides is 3. The molecule has 0 radical (unpaired) electrons. The molecule has 0 bridgehead atoms. The van der Waals surface area contributed by atoms with Crippen LogP contribution in [0.2, 0.25) is 0 Å². The molecule has 1 aliphatic heterocycles. The van der Waals surface area contributed by atoms with Gasteiger partial charge in [-0.3, -0.25) is 14.7 Å². The van der Waals surface area contributed by atoms with Crippen molar-refractivity contribution in [1.29, 1.82) is 5.26 Å². The first-order valence-electron chi connectivity index (χ1n) is 8.90. The summed E-state index contributed by atoms with van der Waals surface area (Å²) in [6.07, 6.45) is -1.78. The summed E-state index contributed by atoms with van der Waals surface area (Å²) in [6.45, 7) is -0.306. The minimum atomic E-state index is -4.20. The highest BCUT2D eigenvalue weighted by atomic mass is 19.4. The molecule has 1 aliphatic rings. The molecule has 28 heavy (non-hydrogen) atoms. The van der Waals surface area contributed by atoms with Crippen LogP contribution >= 0.6 is 0 Å². The Labute approximate surface area is 160 Å². The van der Waals surface area contributed by atoms with Crippen molar-refractivity contribution in [3.05, 3.63) is 53.7 Å². The summed E-state index contributed by atoms with van der Waals surface area (Å²) in [6, 6.07) is 12.3. The highest BCUT2D eigenvalue weighted by molar-refractivity contribution is 5.94. The summed E-state index contributed by atoms with van der Waals surface area (Å²) in [5, 5.41) is 11.8. The zero-order valence-corrected chi connectivity index (χ0v) is 15.0. The minimum absolute atomic E-state index is 0.149. The molecule has 8 heteroatoms. The first kappa shape index (κ1) is 19.8. The molecular formula is C20H19F3N4O. The van der Waals surface area contributed by atoms with Crippen LogP contribution in [0.5, 0.6) is 0 Å². The molecule has 1 amide bonds. The van der Waals surface area contributed by atoms with E-state index in [1.165, 1.54) is 11.1 Å². The minimum Gasteiger partial charge on any atom is -0.349 e. The van der Waals surface area contributed by atoms with Gasteiger partial charge in [-0.2, -0.15) is 18.4 Å². The Balaban J connectivity index is 1.56. The van der Waals surface area contributed by atoms with Crippen LogP contribution in [0.25, 0.3) is 11.3 Å². The topological polar surface area (TPSA) is 69.0 Å². The number of rotatable bonds is 4. The lowest BCUT2D eigenvalue weighted by atomic mass is 10.0. The number of nitriles is 1. The number of hydrogen-bond acceptors (Lipinski definition) is 4. The van der Waals surface area contributed by atoms with Crippen molar-refractivity contribution in [1.82, 2.24) is 15.2 Å². The fourth-order valence-electron chi connectivity index (χ4n) is 3.20. The Morgan fingerprint density at radius 2 is 2.00 bits per heavy atom. The SMILES string of the molecule is N#Cc1cccc(-c2ccc(C(=O)NC3CCN(CC(F)(F)F)CC3)cn2)c1. The van der Waals surface area contributed by atoms with Crippen molar-refractivity contribution < 1.29 is 18.0 Å². The van der Waals surface area contributed by atoms with Gasteiger partial charge in [-0.05, 0) is 37.1 Å². The molecule has 2 heterocycles. The van der Waals surface area contributed by atoms with Crippen LogP contribution in [0.15, 0.2) is 42.6 Å². The number of hydrogen-bond donors (Lipinski definition) is 1. The lowest BCUT2D eigenvalue weighted by molar-refractivity contribution is -0.148. The van der Waals surface area contributed by atoms with Gasteiger partial charge >= 0.3 is 6.18 Å². The first-order valence-corrected chi connectivity index (χ1v) is 8.90. The summed E-state index contributed by atoms with van der Waals surface area (Å²) in [4.78, 5) is 18.0. The predicted octanol–water partition coefficient (Wildman–Crippen LogP) is 3.38. The molecule has 0 saturated carbocycles. The Morgan fingerprint density at radius 1 is 1.25 bits per heavy atom. The van der Waals surface area contributed by atoms with Crippen LogP contribution in [0.3, 0.4) is 0 Å². The molecule has 1 aromatic heterocycles. The van der Waals surface area contributed by atoms with Crippen LogP contribution in [0.4, 0.5) is 13.2 Å².